The monoisotopic (exact) mass is 372 g/mol. The topological polar surface area (TPSA) is 70.4 Å². The lowest BCUT2D eigenvalue weighted by Gasteiger charge is -2.15. The summed E-state index contributed by atoms with van der Waals surface area (Å²) in [5, 5.41) is 8.16. The lowest BCUT2D eigenvalue weighted by molar-refractivity contribution is 0.391. The molecule has 0 radical (unpaired) electrons. The minimum absolute atomic E-state index is 0.584. The molecule has 2 aromatic carbocycles. The molecule has 1 N–H and O–H groups in total. The molecule has 0 spiro atoms. The Morgan fingerprint density at radius 1 is 1.00 bits per heavy atom. The smallest absolute Gasteiger partial charge is 0.239 e. The molecule has 136 valence electrons. The number of benzene rings is 2. The highest BCUT2D eigenvalue weighted by Gasteiger charge is 2.16. The molecule has 0 amide bonds. The van der Waals surface area contributed by atoms with Crippen molar-refractivity contribution in [3.8, 4) is 22.9 Å². The molecule has 0 aliphatic heterocycles. The van der Waals surface area contributed by atoms with Gasteiger partial charge in [-0.05, 0) is 41.8 Å². The van der Waals surface area contributed by atoms with E-state index in [2.05, 4.69) is 14.9 Å². The van der Waals surface area contributed by atoms with Crippen LogP contribution in [0.5, 0.6) is 17.2 Å². The zero-order valence-electron chi connectivity index (χ0n) is 14.8. The summed E-state index contributed by atoms with van der Waals surface area (Å²) < 4.78 is 21.2. The zero-order valence-corrected chi connectivity index (χ0v) is 15.6. The van der Waals surface area contributed by atoms with Gasteiger partial charge in [-0.25, -0.2) is 0 Å². The molecule has 0 bridgehead atoms. The molecule has 3 rings (SSSR count). The van der Waals surface area contributed by atoms with E-state index in [4.69, 9.17) is 14.2 Å². The first-order valence-corrected chi connectivity index (χ1v) is 8.87. The maximum Gasteiger partial charge on any atom is 0.239 e. The molecule has 0 aliphatic rings. The Morgan fingerprint density at radius 2 is 1.73 bits per heavy atom. The van der Waals surface area contributed by atoms with Crippen LogP contribution < -0.4 is 18.9 Å². The molecule has 0 fully saturated rings. The third-order valence-electron chi connectivity index (χ3n) is 3.73. The molecule has 0 aliphatic carbocycles. The van der Waals surface area contributed by atoms with Crippen LogP contribution in [0, 0.1) is 0 Å². The van der Waals surface area contributed by atoms with Gasteiger partial charge in [-0.1, -0.05) is 18.2 Å². The minimum atomic E-state index is 0.584. The molecule has 3 aromatic rings. The lowest BCUT2D eigenvalue weighted by atomic mass is 10.2. The summed E-state index contributed by atoms with van der Waals surface area (Å²) in [5.41, 5.74) is 1.88. The Morgan fingerprint density at radius 3 is 2.42 bits per heavy atom. The van der Waals surface area contributed by atoms with Gasteiger partial charge in [0.25, 0.3) is 0 Å². The van der Waals surface area contributed by atoms with Crippen molar-refractivity contribution in [1.29, 1.82) is 0 Å². The Labute approximate surface area is 156 Å². The van der Waals surface area contributed by atoms with Crippen LogP contribution in [-0.2, 0) is 5.75 Å². The fourth-order valence-corrected chi connectivity index (χ4v) is 3.17. The molecule has 1 heterocycles. The quantitative estimate of drug-likeness (QED) is 0.606. The van der Waals surface area contributed by atoms with Crippen molar-refractivity contribution in [2.24, 2.45) is 0 Å². The largest absolute Gasteiger partial charge is 0.497 e. The van der Waals surface area contributed by atoms with Gasteiger partial charge in [0.1, 0.15) is 29.3 Å². The second kappa shape index (κ2) is 8.48. The first-order chi connectivity index (χ1) is 12.8. The molecular weight excluding hydrogens is 352 g/mol. The molecular formula is C18H20N4O3S. The number of nitrogens with one attached hydrogen (secondary N) is 1. The van der Waals surface area contributed by atoms with Crippen LogP contribution in [0.25, 0.3) is 5.69 Å². The van der Waals surface area contributed by atoms with Gasteiger partial charge in [0.05, 0.1) is 21.3 Å². The van der Waals surface area contributed by atoms with Crippen LogP contribution in [0.4, 0.5) is 5.95 Å². The van der Waals surface area contributed by atoms with Crippen molar-refractivity contribution in [2.75, 3.05) is 26.1 Å². The first kappa shape index (κ1) is 17.9. The standard InChI is InChI=1S/C18H20N4O3S/c1-23-14-7-4-6-13(10-14)11-26-21-18-20-19-12-22(18)17-15(24-2)8-5-9-16(17)25-3/h4-10,12H,11H2,1-3H3,(H,20,21). The lowest BCUT2D eigenvalue weighted by Crippen LogP contribution is -2.04. The van der Waals surface area contributed by atoms with Crippen molar-refractivity contribution in [1.82, 2.24) is 14.8 Å². The van der Waals surface area contributed by atoms with E-state index in [-0.39, 0.29) is 0 Å². The average Bonchev–Trinajstić information content (AvgIpc) is 3.15. The molecule has 7 nitrogen and oxygen atoms in total. The molecule has 0 saturated heterocycles. The molecule has 0 unspecified atom stereocenters. The summed E-state index contributed by atoms with van der Waals surface area (Å²) in [4.78, 5) is 0. The van der Waals surface area contributed by atoms with Crippen LogP contribution in [0.2, 0.25) is 0 Å². The van der Waals surface area contributed by atoms with Gasteiger partial charge in [0, 0.05) is 5.75 Å². The van der Waals surface area contributed by atoms with E-state index >= 15 is 0 Å². The van der Waals surface area contributed by atoms with Crippen LogP contribution in [-0.4, -0.2) is 36.1 Å². The summed E-state index contributed by atoms with van der Waals surface area (Å²) >= 11 is 1.51. The third kappa shape index (κ3) is 3.85. The first-order valence-electron chi connectivity index (χ1n) is 7.89. The Hall–Kier alpha value is -2.87. The van der Waals surface area contributed by atoms with E-state index in [0.717, 1.165) is 22.8 Å². The molecule has 0 atom stereocenters. The second-order valence-electron chi connectivity index (χ2n) is 5.28. The summed E-state index contributed by atoms with van der Waals surface area (Å²) in [6, 6.07) is 13.5. The van der Waals surface area contributed by atoms with Crippen molar-refractivity contribution < 1.29 is 14.2 Å². The number of ether oxygens (including phenoxy) is 3. The number of para-hydroxylation sites is 1. The van der Waals surface area contributed by atoms with Gasteiger partial charge in [-0.3, -0.25) is 9.29 Å². The zero-order chi connectivity index (χ0) is 18.4. The number of rotatable bonds is 8. The molecule has 1 aromatic heterocycles. The average molecular weight is 372 g/mol. The van der Waals surface area contributed by atoms with Crippen molar-refractivity contribution in [3.05, 3.63) is 54.4 Å². The Kier molecular flexibility index (Phi) is 5.85. The highest BCUT2D eigenvalue weighted by Crippen LogP contribution is 2.34. The Balaban J connectivity index is 1.77. The van der Waals surface area contributed by atoms with E-state index < -0.39 is 0 Å². The number of methoxy groups -OCH3 is 3. The van der Waals surface area contributed by atoms with Gasteiger partial charge >= 0.3 is 0 Å². The van der Waals surface area contributed by atoms with E-state index in [9.17, 15) is 0 Å². The number of nitrogens with zero attached hydrogens (tertiary/aromatic N) is 3. The summed E-state index contributed by atoms with van der Waals surface area (Å²) in [7, 11) is 4.90. The number of hydrogen-bond acceptors (Lipinski definition) is 7. The maximum absolute atomic E-state index is 5.46. The summed E-state index contributed by atoms with van der Waals surface area (Å²) in [6.45, 7) is 0. The van der Waals surface area contributed by atoms with E-state index in [1.807, 2.05) is 42.5 Å². The van der Waals surface area contributed by atoms with Gasteiger partial charge in [-0.2, -0.15) is 0 Å². The van der Waals surface area contributed by atoms with Gasteiger partial charge in [0.15, 0.2) is 0 Å². The Bertz CT molecular complexity index is 847. The van der Waals surface area contributed by atoms with Crippen LogP contribution in [0.1, 0.15) is 5.56 Å². The number of aromatic nitrogens is 3. The maximum atomic E-state index is 5.46. The summed E-state index contributed by atoms with van der Waals surface area (Å²) in [5.74, 6) is 3.51. The van der Waals surface area contributed by atoms with E-state index in [1.165, 1.54) is 11.9 Å². The van der Waals surface area contributed by atoms with Crippen LogP contribution >= 0.6 is 11.9 Å². The minimum Gasteiger partial charge on any atom is -0.497 e. The van der Waals surface area contributed by atoms with Gasteiger partial charge in [0.2, 0.25) is 5.95 Å². The molecule has 26 heavy (non-hydrogen) atoms. The number of anilines is 1. The van der Waals surface area contributed by atoms with E-state index in [0.29, 0.717) is 17.4 Å². The highest BCUT2D eigenvalue weighted by atomic mass is 32.2. The highest BCUT2D eigenvalue weighted by molar-refractivity contribution is 7.99. The van der Waals surface area contributed by atoms with Crippen molar-refractivity contribution in [3.63, 3.8) is 0 Å². The van der Waals surface area contributed by atoms with Crippen molar-refractivity contribution in [2.45, 2.75) is 5.75 Å². The predicted octanol–water partition coefficient (Wildman–Crippen LogP) is 3.55. The fraction of sp³-hybridized carbons (Fsp3) is 0.222. The third-order valence-corrected chi connectivity index (χ3v) is 4.53. The normalized spacial score (nSPS) is 10.4. The summed E-state index contributed by atoms with van der Waals surface area (Å²) in [6.07, 6.45) is 1.62. The van der Waals surface area contributed by atoms with Crippen molar-refractivity contribution >= 4 is 17.9 Å². The van der Waals surface area contributed by atoms with Crippen LogP contribution in [0.3, 0.4) is 0 Å². The van der Waals surface area contributed by atoms with Crippen LogP contribution in [0.15, 0.2) is 48.8 Å². The predicted molar refractivity (Wildman–Crippen MR) is 102 cm³/mol. The van der Waals surface area contributed by atoms with E-state index in [1.54, 1.807) is 32.2 Å². The second-order valence-corrected chi connectivity index (χ2v) is 6.06. The number of hydrogen-bond donors (Lipinski definition) is 1. The SMILES string of the molecule is COc1cccc(CSNc2nncn2-c2c(OC)cccc2OC)c1. The van der Waals surface area contributed by atoms with Gasteiger partial charge in [-0.15, -0.1) is 10.2 Å². The molecule has 0 saturated carbocycles. The van der Waals surface area contributed by atoms with Gasteiger partial charge < -0.3 is 14.2 Å². The fourth-order valence-electron chi connectivity index (χ4n) is 2.48. The molecule has 8 heteroatoms.